The lowest BCUT2D eigenvalue weighted by Crippen LogP contribution is -2.33. The van der Waals surface area contributed by atoms with Crippen LogP contribution >= 0.6 is 11.3 Å². The fourth-order valence-corrected chi connectivity index (χ4v) is 4.33. The van der Waals surface area contributed by atoms with Crippen molar-refractivity contribution in [3.8, 4) is 17.0 Å². The highest BCUT2D eigenvalue weighted by Gasteiger charge is 2.38. The van der Waals surface area contributed by atoms with Crippen molar-refractivity contribution < 1.29 is 23.1 Å². The van der Waals surface area contributed by atoms with E-state index in [9.17, 15) is 18.4 Å². The number of aromatic nitrogens is 1. The van der Waals surface area contributed by atoms with Gasteiger partial charge in [0.1, 0.15) is 11.7 Å². The number of aryl methyl sites for hydroxylation is 1. The molecule has 1 aliphatic rings. The zero-order chi connectivity index (χ0) is 22.1. The normalized spacial score (nSPS) is 15.9. The van der Waals surface area contributed by atoms with Crippen molar-refractivity contribution in [1.29, 1.82) is 0 Å². The molecular formula is C22H19F2N3O3S. The molecule has 31 heavy (non-hydrogen) atoms. The largest absolute Gasteiger partial charge is 0.497 e. The second-order valence-corrected chi connectivity index (χ2v) is 8.27. The number of carbonyl (C=O) groups excluding carboxylic acids is 2. The summed E-state index contributed by atoms with van der Waals surface area (Å²) in [5, 5.41) is 3.12. The van der Waals surface area contributed by atoms with Crippen molar-refractivity contribution in [1.82, 2.24) is 4.98 Å². The fourth-order valence-electron chi connectivity index (χ4n) is 3.49. The molecule has 9 heteroatoms. The fraction of sp³-hybridized carbons (Fsp3) is 0.227. The molecule has 3 aromatic rings. The van der Waals surface area contributed by atoms with Crippen LogP contribution < -0.4 is 15.0 Å². The first kappa shape index (κ1) is 20.9. The van der Waals surface area contributed by atoms with E-state index in [1.807, 2.05) is 31.2 Å². The van der Waals surface area contributed by atoms with Gasteiger partial charge in [-0.3, -0.25) is 9.59 Å². The van der Waals surface area contributed by atoms with Gasteiger partial charge in [0.05, 0.1) is 12.8 Å². The van der Waals surface area contributed by atoms with Gasteiger partial charge in [0, 0.05) is 28.7 Å². The van der Waals surface area contributed by atoms with Crippen LogP contribution in [0.4, 0.5) is 19.6 Å². The molecule has 1 atom stereocenters. The van der Waals surface area contributed by atoms with E-state index in [1.165, 1.54) is 22.3 Å². The second kappa shape index (κ2) is 8.43. The van der Waals surface area contributed by atoms with Crippen molar-refractivity contribution in [2.24, 2.45) is 5.92 Å². The number of anilines is 2. The van der Waals surface area contributed by atoms with Gasteiger partial charge in [0.2, 0.25) is 11.8 Å². The highest BCUT2D eigenvalue weighted by molar-refractivity contribution is 7.16. The maximum absolute atomic E-state index is 13.5. The molecule has 6 nitrogen and oxygen atoms in total. The first-order chi connectivity index (χ1) is 14.9. The monoisotopic (exact) mass is 443 g/mol. The average molecular weight is 443 g/mol. The van der Waals surface area contributed by atoms with Crippen molar-refractivity contribution in [3.63, 3.8) is 0 Å². The summed E-state index contributed by atoms with van der Waals surface area (Å²) in [4.78, 5) is 32.1. The molecule has 1 aliphatic heterocycles. The van der Waals surface area contributed by atoms with E-state index in [4.69, 9.17) is 4.74 Å². The SMILES string of the molecule is COc1ccc(-c2nc(NC(=O)C3CCN(c4ccc(F)c(F)c4)C3=O)sc2C)cc1. The Morgan fingerprint density at radius 2 is 1.94 bits per heavy atom. The van der Waals surface area contributed by atoms with Crippen LogP contribution in [0.5, 0.6) is 5.75 Å². The van der Waals surface area contributed by atoms with Crippen LogP contribution in [0.25, 0.3) is 11.3 Å². The molecule has 2 aromatic carbocycles. The zero-order valence-electron chi connectivity index (χ0n) is 16.8. The first-order valence-electron chi connectivity index (χ1n) is 9.56. The molecule has 2 amide bonds. The predicted octanol–water partition coefficient (Wildman–Crippen LogP) is 4.40. The third kappa shape index (κ3) is 4.13. The summed E-state index contributed by atoms with van der Waals surface area (Å²) < 4.78 is 31.9. The van der Waals surface area contributed by atoms with Gasteiger partial charge < -0.3 is 15.0 Å². The van der Waals surface area contributed by atoms with Gasteiger partial charge >= 0.3 is 0 Å². The summed E-state index contributed by atoms with van der Waals surface area (Å²) in [6.45, 7) is 2.15. The predicted molar refractivity (Wildman–Crippen MR) is 114 cm³/mol. The van der Waals surface area contributed by atoms with Gasteiger partial charge in [-0.05, 0) is 49.7 Å². The summed E-state index contributed by atoms with van der Waals surface area (Å²) >= 11 is 1.32. The highest BCUT2D eigenvalue weighted by atomic mass is 32.1. The van der Waals surface area contributed by atoms with E-state index in [-0.39, 0.29) is 18.7 Å². The van der Waals surface area contributed by atoms with E-state index in [1.54, 1.807) is 7.11 Å². The molecule has 1 fully saturated rings. The number of hydrogen-bond acceptors (Lipinski definition) is 5. The first-order valence-corrected chi connectivity index (χ1v) is 10.4. The molecule has 2 heterocycles. The van der Waals surface area contributed by atoms with Gasteiger partial charge in [-0.1, -0.05) is 0 Å². The van der Waals surface area contributed by atoms with Crippen LogP contribution in [0, 0.1) is 24.5 Å². The van der Waals surface area contributed by atoms with Gasteiger partial charge in [0.25, 0.3) is 0 Å². The number of ether oxygens (including phenoxy) is 1. The molecule has 0 saturated carbocycles. The Hall–Kier alpha value is -3.33. The molecular weight excluding hydrogens is 424 g/mol. The van der Waals surface area contributed by atoms with Crippen LogP contribution in [0.2, 0.25) is 0 Å². The maximum Gasteiger partial charge on any atom is 0.239 e. The standard InChI is InChI=1S/C22H19F2N3O3S/c1-12-19(13-3-6-15(30-2)7-4-13)25-22(31-12)26-20(28)16-9-10-27(21(16)29)14-5-8-17(23)18(24)11-14/h3-8,11,16H,9-10H2,1-2H3,(H,25,26,28). The summed E-state index contributed by atoms with van der Waals surface area (Å²) in [6, 6.07) is 10.7. The van der Waals surface area contributed by atoms with E-state index in [0.717, 1.165) is 34.0 Å². The number of methoxy groups -OCH3 is 1. The van der Waals surface area contributed by atoms with Crippen LogP contribution in [0.15, 0.2) is 42.5 Å². The van der Waals surface area contributed by atoms with Gasteiger partial charge in [0.15, 0.2) is 16.8 Å². The van der Waals surface area contributed by atoms with Gasteiger partial charge in [-0.15, -0.1) is 11.3 Å². The zero-order valence-corrected chi connectivity index (χ0v) is 17.6. The Balaban J connectivity index is 1.47. The highest BCUT2D eigenvalue weighted by Crippen LogP contribution is 2.32. The minimum atomic E-state index is -1.04. The number of nitrogens with one attached hydrogen (secondary N) is 1. The number of carbonyl (C=O) groups is 2. The summed E-state index contributed by atoms with van der Waals surface area (Å²) in [6.07, 6.45) is 0.277. The minimum Gasteiger partial charge on any atom is -0.497 e. The Morgan fingerprint density at radius 3 is 2.61 bits per heavy atom. The van der Waals surface area contributed by atoms with Crippen LogP contribution in [-0.2, 0) is 9.59 Å². The summed E-state index contributed by atoms with van der Waals surface area (Å²) in [5.74, 6) is -3.13. The lowest BCUT2D eigenvalue weighted by Gasteiger charge is -2.16. The number of halogens is 2. The van der Waals surface area contributed by atoms with Crippen LogP contribution in [0.3, 0.4) is 0 Å². The average Bonchev–Trinajstić information content (AvgIpc) is 3.32. The molecule has 0 radical (unpaired) electrons. The number of thiazole rings is 1. The van der Waals surface area contributed by atoms with Crippen molar-refractivity contribution in [2.45, 2.75) is 13.3 Å². The molecule has 1 N–H and O–H groups in total. The summed E-state index contributed by atoms with van der Waals surface area (Å²) in [5.41, 5.74) is 1.85. The molecule has 1 unspecified atom stereocenters. The third-order valence-corrected chi connectivity index (χ3v) is 6.01. The summed E-state index contributed by atoms with van der Waals surface area (Å²) in [7, 11) is 1.59. The second-order valence-electron chi connectivity index (χ2n) is 7.07. The quantitative estimate of drug-likeness (QED) is 0.594. The maximum atomic E-state index is 13.5. The van der Waals surface area contributed by atoms with Crippen molar-refractivity contribution in [2.75, 3.05) is 23.9 Å². The topological polar surface area (TPSA) is 71.5 Å². The molecule has 0 aliphatic carbocycles. The molecule has 0 spiro atoms. The number of nitrogens with zero attached hydrogens (tertiary/aromatic N) is 2. The van der Waals surface area contributed by atoms with E-state index in [2.05, 4.69) is 10.3 Å². The van der Waals surface area contributed by atoms with E-state index < -0.39 is 29.4 Å². The van der Waals surface area contributed by atoms with E-state index >= 15 is 0 Å². The third-order valence-electron chi connectivity index (χ3n) is 5.13. The van der Waals surface area contributed by atoms with Gasteiger partial charge in [-0.2, -0.15) is 0 Å². The minimum absolute atomic E-state index is 0.228. The Labute approximate surface area is 181 Å². The Kier molecular flexibility index (Phi) is 5.69. The number of hydrogen-bond donors (Lipinski definition) is 1. The van der Waals surface area contributed by atoms with Gasteiger partial charge in [-0.25, -0.2) is 13.8 Å². The Morgan fingerprint density at radius 1 is 1.19 bits per heavy atom. The van der Waals surface area contributed by atoms with Crippen LogP contribution in [0.1, 0.15) is 11.3 Å². The number of rotatable bonds is 5. The molecule has 4 rings (SSSR count). The van der Waals surface area contributed by atoms with Crippen molar-refractivity contribution >= 4 is 34.0 Å². The number of amides is 2. The molecule has 1 aromatic heterocycles. The number of benzene rings is 2. The lowest BCUT2D eigenvalue weighted by atomic mass is 10.1. The van der Waals surface area contributed by atoms with E-state index in [0.29, 0.717) is 5.13 Å². The molecule has 1 saturated heterocycles. The molecule has 0 bridgehead atoms. The Bertz CT molecular complexity index is 1150. The molecule has 160 valence electrons. The van der Waals surface area contributed by atoms with Crippen LogP contribution in [-0.4, -0.2) is 30.5 Å². The lowest BCUT2D eigenvalue weighted by molar-refractivity contribution is -0.129. The van der Waals surface area contributed by atoms with Crippen molar-refractivity contribution in [3.05, 3.63) is 59.0 Å². The smallest absolute Gasteiger partial charge is 0.239 e.